The van der Waals surface area contributed by atoms with Crippen LogP contribution in [0.2, 0.25) is 0 Å². The topological polar surface area (TPSA) is 17.1 Å². The van der Waals surface area contributed by atoms with Crippen molar-refractivity contribution in [2.75, 3.05) is 0 Å². The molecule has 0 radical (unpaired) electrons. The van der Waals surface area contributed by atoms with Crippen LogP contribution in [-0.4, -0.2) is 6.29 Å². The van der Waals surface area contributed by atoms with Crippen molar-refractivity contribution in [1.82, 2.24) is 0 Å². The van der Waals surface area contributed by atoms with Crippen LogP contribution in [0.25, 0.3) is 11.1 Å². The van der Waals surface area contributed by atoms with Crippen LogP contribution in [0.3, 0.4) is 0 Å². The third-order valence-corrected chi connectivity index (χ3v) is 2.83. The third kappa shape index (κ3) is 2.84. The number of hydrogen-bond acceptors (Lipinski definition) is 1. The maximum absolute atomic E-state index is 12.6. The molecule has 0 spiro atoms. The smallest absolute Gasteiger partial charge is 0.298 e. The minimum absolute atomic E-state index is 0.0421. The quantitative estimate of drug-likeness (QED) is 0.730. The standard InChI is InChI=1S/C15H11F3O/c1-10-3-2-4-11(7-10)14-6-5-13(15(16,17)18)8-12(14)9-19/h2-9H,1H3. The van der Waals surface area contributed by atoms with Gasteiger partial charge in [-0.1, -0.05) is 35.9 Å². The number of carbonyl (C=O) groups is 1. The summed E-state index contributed by atoms with van der Waals surface area (Å²) >= 11 is 0. The Balaban J connectivity index is 2.56. The third-order valence-electron chi connectivity index (χ3n) is 2.83. The van der Waals surface area contributed by atoms with E-state index in [-0.39, 0.29) is 5.56 Å². The molecule has 2 aromatic rings. The molecule has 0 fully saturated rings. The summed E-state index contributed by atoms with van der Waals surface area (Å²) in [7, 11) is 0. The van der Waals surface area contributed by atoms with E-state index >= 15 is 0 Å². The van der Waals surface area contributed by atoms with Gasteiger partial charge in [0.2, 0.25) is 0 Å². The minimum atomic E-state index is -4.44. The van der Waals surface area contributed by atoms with Crippen LogP contribution in [0.15, 0.2) is 42.5 Å². The Morgan fingerprint density at radius 1 is 1.05 bits per heavy atom. The Bertz CT molecular complexity index is 615. The molecule has 2 aromatic carbocycles. The number of hydrogen-bond donors (Lipinski definition) is 0. The van der Waals surface area contributed by atoms with E-state index in [2.05, 4.69) is 0 Å². The SMILES string of the molecule is Cc1cccc(-c2ccc(C(F)(F)F)cc2C=O)c1. The number of halogens is 3. The molecule has 0 N–H and O–H groups in total. The first kappa shape index (κ1) is 13.3. The largest absolute Gasteiger partial charge is 0.416 e. The molecule has 19 heavy (non-hydrogen) atoms. The van der Waals surface area contributed by atoms with Gasteiger partial charge < -0.3 is 0 Å². The van der Waals surface area contributed by atoms with Crippen molar-refractivity contribution in [3.63, 3.8) is 0 Å². The van der Waals surface area contributed by atoms with Crippen LogP contribution in [0.4, 0.5) is 13.2 Å². The average Bonchev–Trinajstić information content (AvgIpc) is 2.37. The summed E-state index contributed by atoms with van der Waals surface area (Å²) in [5, 5.41) is 0. The number of rotatable bonds is 2. The van der Waals surface area contributed by atoms with E-state index in [1.165, 1.54) is 6.07 Å². The Labute approximate surface area is 108 Å². The van der Waals surface area contributed by atoms with Gasteiger partial charge in [-0.15, -0.1) is 0 Å². The lowest BCUT2D eigenvalue weighted by Gasteiger charge is -2.11. The molecule has 0 aromatic heterocycles. The number of alkyl halides is 3. The minimum Gasteiger partial charge on any atom is -0.298 e. The molecule has 4 heteroatoms. The predicted octanol–water partition coefficient (Wildman–Crippen LogP) is 4.49. The highest BCUT2D eigenvalue weighted by molar-refractivity contribution is 5.88. The molecule has 0 amide bonds. The summed E-state index contributed by atoms with van der Waals surface area (Å²) in [4.78, 5) is 11.0. The number of carbonyl (C=O) groups excluding carboxylic acids is 1. The molecule has 0 heterocycles. The zero-order chi connectivity index (χ0) is 14.0. The van der Waals surface area contributed by atoms with Crippen molar-refractivity contribution in [2.24, 2.45) is 0 Å². The molecule has 0 saturated heterocycles. The van der Waals surface area contributed by atoms with Crippen molar-refractivity contribution < 1.29 is 18.0 Å². The fraction of sp³-hybridized carbons (Fsp3) is 0.133. The molecule has 0 atom stereocenters. The zero-order valence-electron chi connectivity index (χ0n) is 10.2. The van der Waals surface area contributed by atoms with Crippen molar-refractivity contribution in [3.05, 3.63) is 59.2 Å². The van der Waals surface area contributed by atoms with Crippen LogP contribution < -0.4 is 0 Å². The summed E-state index contributed by atoms with van der Waals surface area (Å²) in [5.41, 5.74) is 1.45. The first-order valence-electron chi connectivity index (χ1n) is 5.65. The van der Waals surface area contributed by atoms with Crippen LogP contribution in [-0.2, 0) is 6.18 Å². The summed E-state index contributed by atoms with van der Waals surface area (Å²) in [6.45, 7) is 1.88. The Morgan fingerprint density at radius 3 is 2.37 bits per heavy atom. The molecular weight excluding hydrogens is 253 g/mol. The molecule has 0 aliphatic carbocycles. The second kappa shape index (κ2) is 4.88. The van der Waals surface area contributed by atoms with E-state index in [1.54, 1.807) is 12.1 Å². The van der Waals surface area contributed by atoms with Gasteiger partial charge >= 0.3 is 6.18 Å². The second-order valence-electron chi connectivity index (χ2n) is 4.29. The van der Waals surface area contributed by atoms with Crippen LogP contribution in [0.5, 0.6) is 0 Å². The van der Waals surface area contributed by atoms with Gasteiger partial charge in [0.25, 0.3) is 0 Å². The fourth-order valence-corrected chi connectivity index (χ4v) is 1.91. The van der Waals surface area contributed by atoms with Crippen molar-refractivity contribution in [3.8, 4) is 11.1 Å². The number of aldehydes is 1. The molecule has 0 bridgehead atoms. The highest BCUT2D eigenvalue weighted by Crippen LogP contribution is 2.33. The first-order valence-corrected chi connectivity index (χ1v) is 5.65. The van der Waals surface area contributed by atoms with Crippen LogP contribution in [0.1, 0.15) is 21.5 Å². The summed E-state index contributed by atoms with van der Waals surface area (Å²) in [6, 6.07) is 10.5. The normalized spacial score (nSPS) is 11.4. The molecular formula is C15H11F3O. The molecule has 0 saturated carbocycles. The molecule has 0 aliphatic heterocycles. The van der Waals surface area contributed by atoms with Crippen molar-refractivity contribution >= 4 is 6.29 Å². The Kier molecular flexibility index (Phi) is 3.42. The lowest BCUT2D eigenvalue weighted by Crippen LogP contribution is -2.05. The van der Waals surface area contributed by atoms with E-state index in [0.717, 1.165) is 23.3 Å². The maximum atomic E-state index is 12.6. The summed E-state index contributed by atoms with van der Waals surface area (Å²) in [5.74, 6) is 0. The lowest BCUT2D eigenvalue weighted by atomic mass is 9.97. The van der Waals surface area contributed by atoms with E-state index < -0.39 is 11.7 Å². The molecule has 1 nitrogen and oxygen atoms in total. The monoisotopic (exact) mass is 264 g/mol. The van der Waals surface area contributed by atoms with Gasteiger partial charge in [0.05, 0.1) is 5.56 Å². The van der Waals surface area contributed by atoms with Crippen molar-refractivity contribution in [1.29, 1.82) is 0 Å². The average molecular weight is 264 g/mol. The highest BCUT2D eigenvalue weighted by Gasteiger charge is 2.31. The molecule has 0 unspecified atom stereocenters. The summed E-state index contributed by atoms with van der Waals surface area (Å²) < 4.78 is 37.8. The Hall–Kier alpha value is -2.10. The van der Waals surface area contributed by atoms with Gasteiger partial charge in [0.15, 0.2) is 6.29 Å². The van der Waals surface area contributed by atoms with E-state index in [0.29, 0.717) is 11.8 Å². The fourth-order valence-electron chi connectivity index (χ4n) is 1.91. The van der Waals surface area contributed by atoms with E-state index in [1.807, 2.05) is 19.1 Å². The second-order valence-corrected chi connectivity index (χ2v) is 4.29. The van der Waals surface area contributed by atoms with Gasteiger partial charge in [-0.25, -0.2) is 0 Å². The van der Waals surface area contributed by atoms with Gasteiger partial charge in [0.1, 0.15) is 0 Å². The molecule has 2 rings (SSSR count). The molecule has 0 aliphatic rings. The lowest BCUT2D eigenvalue weighted by molar-refractivity contribution is -0.137. The summed E-state index contributed by atoms with van der Waals surface area (Å²) in [6.07, 6.45) is -3.99. The zero-order valence-corrected chi connectivity index (χ0v) is 10.2. The Morgan fingerprint density at radius 2 is 1.79 bits per heavy atom. The number of aryl methyl sites for hydroxylation is 1. The number of benzene rings is 2. The maximum Gasteiger partial charge on any atom is 0.416 e. The van der Waals surface area contributed by atoms with Gasteiger partial charge in [-0.05, 0) is 30.2 Å². The van der Waals surface area contributed by atoms with Crippen LogP contribution in [0, 0.1) is 6.92 Å². The first-order chi connectivity index (χ1) is 8.91. The van der Waals surface area contributed by atoms with Crippen molar-refractivity contribution in [2.45, 2.75) is 13.1 Å². The van der Waals surface area contributed by atoms with E-state index in [9.17, 15) is 18.0 Å². The predicted molar refractivity (Wildman–Crippen MR) is 67.0 cm³/mol. The van der Waals surface area contributed by atoms with Crippen LogP contribution >= 0.6 is 0 Å². The molecule has 98 valence electrons. The van der Waals surface area contributed by atoms with Gasteiger partial charge in [-0.3, -0.25) is 4.79 Å². The highest BCUT2D eigenvalue weighted by atomic mass is 19.4. The van der Waals surface area contributed by atoms with E-state index in [4.69, 9.17) is 0 Å². The van der Waals surface area contributed by atoms with Gasteiger partial charge in [-0.2, -0.15) is 13.2 Å². The van der Waals surface area contributed by atoms with Gasteiger partial charge in [0, 0.05) is 5.56 Å².